The van der Waals surface area contributed by atoms with Crippen molar-refractivity contribution in [1.29, 1.82) is 0 Å². The third-order valence-electron chi connectivity index (χ3n) is 4.41. The fourth-order valence-electron chi connectivity index (χ4n) is 3.06. The zero-order valence-electron chi connectivity index (χ0n) is 18.2. The van der Waals surface area contributed by atoms with Crippen molar-refractivity contribution in [3.63, 3.8) is 0 Å². The summed E-state index contributed by atoms with van der Waals surface area (Å²) in [4.78, 5) is 36.6. The summed E-state index contributed by atoms with van der Waals surface area (Å²) < 4.78 is 27.3. The van der Waals surface area contributed by atoms with E-state index in [4.69, 9.17) is 23.7 Å². The standard InChI is InChI=1S/C23H25NO8/c1-4-28-19-10-15(11-20(29-5-2)22(19)30-6-3)23(27)32-12-17(25)14-7-8-18-16(9-14)24-21(26)13-31-18/h7-11H,4-6,12-13H2,1-3H3,(H,24,26). The summed E-state index contributed by atoms with van der Waals surface area (Å²) in [6.07, 6.45) is 0. The Labute approximate surface area is 185 Å². The lowest BCUT2D eigenvalue weighted by Gasteiger charge is -2.18. The van der Waals surface area contributed by atoms with Crippen LogP contribution in [0, 0.1) is 0 Å². The Morgan fingerprint density at radius 2 is 1.59 bits per heavy atom. The largest absolute Gasteiger partial charge is 0.490 e. The quantitative estimate of drug-likeness (QED) is 0.440. The van der Waals surface area contributed by atoms with Crippen molar-refractivity contribution >= 4 is 23.3 Å². The van der Waals surface area contributed by atoms with Crippen molar-refractivity contribution in [3.05, 3.63) is 41.5 Å². The smallest absolute Gasteiger partial charge is 0.338 e. The molecule has 1 heterocycles. The van der Waals surface area contributed by atoms with Gasteiger partial charge in [0.2, 0.25) is 5.75 Å². The Morgan fingerprint density at radius 3 is 2.22 bits per heavy atom. The molecule has 2 aromatic carbocycles. The van der Waals surface area contributed by atoms with Crippen molar-refractivity contribution in [3.8, 4) is 23.0 Å². The number of ketones is 1. The number of amides is 1. The van der Waals surface area contributed by atoms with Crippen molar-refractivity contribution < 1.29 is 38.1 Å². The van der Waals surface area contributed by atoms with Crippen molar-refractivity contribution in [2.75, 3.05) is 38.4 Å². The van der Waals surface area contributed by atoms with E-state index in [-0.39, 0.29) is 23.6 Å². The summed E-state index contributed by atoms with van der Waals surface area (Å²) in [7, 11) is 0. The lowest BCUT2D eigenvalue weighted by Crippen LogP contribution is -2.25. The van der Waals surface area contributed by atoms with Gasteiger partial charge in [-0.2, -0.15) is 0 Å². The van der Waals surface area contributed by atoms with Crippen LogP contribution >= 0.6 is 0 Å². The first kappa shape index (κ1) is 22.9. The van der Waals surface area contributed by atoms with Crippen LogP contribution in [-0.2, 0) is 9.53 Å². The molecule has 32 heavy (non-hydrogen) atoms. The lowest BCUT2D eigenvalue weighted by atomic mass is 10.1. The zero-order chi connectivity index (χ0) is 23.1. The molecule has 0 unspecified atom stereocenters. The van der Waals surface area contributed by atoms with Crippen molar-refractivity contribution in [2.24, 2.45) is 0 Å². The second kappa shape index (κ2) is 10.5. The number of carbonyl (C=O) groups excluding carboxylic acids is 3. The van der Waals surface area contributed by atoms with Crippen LogP contribution in [-0.4, -0.2) is 50.7 Å². The molecule has 3 rings (SSSR count). The molecule has 1 aliphatic rings. The number of fused-ring (bicyclic) bond motifs is 1. The van der Waals surface area contributed by atoms with Gasteiger partial charge in [0.05, 0.1) is 31.1 Å². The Balaban J connectivity index is 1.74. The van der Waals surface area contributed by atoms with Crippen LogP contribution in [0.4, 0.5) is 5.69 Å². The molecule has 0 saturated heterocycles. The highest BCUT2D eigenvalue weighted by Gasteiger charge is 2.21. The van der Waals surface area contributed by atoms with Crippen molar-refractivity contribution in [2.45, 2.75) is 20.8 Å². The van der Waals surface area contributed by atoms with E-state index in [1.807, 2.05) is 20.8 Å². The van der Waals surface area contributed by atoms with Gasteiger partial charge in [-0.3, -0.25) is 9.59 Å². The zero-order valence-corrected chi connectivity index (χ0v) is 18.2. The van der Waals surface area contributed by atoms with Gasteiger partial charge in [-0.05, 0) is 51.1 Å². The van der Waals surface area contributed by atoms with Gasteiger partial charge in [0.25, 0.3) is 5.91 Å². The second-order valence-electron chi connectivity index (χ2n) is 6.65. The topological polar surface area (TPSA) is 109 Å². The predicted octanol–water partition coefficient (Wildman–Crippen LogP) is 3.25. The third-order valence-corrected chi connectivity index (χ3v) is 4.41. The predicted molar refractivity (Wildman–Crippen MR) is 115 cm³/mol. The normalized spacial score (nSPS) is 12.2. The maximum absolute atomic E-state index is 12.6. The van der Waals surface area contributed by atoms with E-state index >= 15 is 0 Å². The SMILES string of the molecule is CCOc1cc(C(=O)OCC(=O)c2ccc3c(c2)NC(=O)CO3)cc(OCC)c1OCC. The first-order valence-corrected chi connectivity index (χ1v) is 10.3. The van der Waals surface area contributed by atoms with Gasteiger partial charge < -0.3 is 29.0 Å². The van der Waals surface area contributed by atoms with E-state index in [9.17, 15) is 14.4 Å². The average molecular weight is 443 g/mol. The maximum atomic E-state index is 12.6. The molecule has 0 aliphatic carbocycles. The fourth-order valence-corrected chi connectivity index (χ4v) is 3.06. The van der Waals surface area contributed by atoms with E-state index in [0.717, 1.165) is 0 Å². The van der Waals surface area contributed by atoms with Crippen LogP contribution in [0.5, 0.6) is 23.0 Å². The summed E-state index contributed by atoms with van der Waals surface area (Å²) in [5.74, 6) is 0.133. The maximum Gasteiger partial charge on any atom is 0.338 e. The van der Waals surface area contributed by atoms with Crippen LogP contribution in [0.2, 0.25) is 0 Å². The molecular formula is C23H25NO8. The molecule has 9 heteroatoms. The first-order valence-electron chi connectivity index (χ1n) is 10.3. The summed E-state index contributed by atoms with van der Waals surface area (Å²) >= 11 is 0. The highest BCUT2D eigenvalue weighted by molar-refractivity contribution is 6.02. The molecule has 1 amide bonds. The van der Waals surface area contributed by atoms with Gasteiger partial charge in [-0.15, -0.1) is 0 Å². The number of hydrogen-bond acceptors (Lipinski definition) is 8. The molecule has 1 N–H and O–H groups in total. The van der Waals surface area contributed by atoms with E-state index in [0.29, 0.717) is 48.5 Å². The lowest BCUT2D eigenvalue weighted by molar-refractivity contribution is -0.118. The third kappa shape index (κ3) is 5.29. The molecular weight excluding hydrogens is 418 g/mol. The molecule has 9 nitrogen and oxygen atoms in total. The van der Waals surface area contributed by atoms with E-state index in [1.165, 1.54) is 18.2 Å². The van der Waals surface area contributed by atoms with Gasteiger partial charge in [-0.1, -0.05) is 0 Å². The second-order valence-corrected chi connectivity index (χ2v) is 6.65. The highest BCUT2D eigenvalue weighted by atomic mass is 16.5. The Hall–Kier alpha value is -3.75. The molecule has 0 fully saturated rings. The summed E-state index contributed by atoms with van der Waals surface area (Å²) in [5, 5.41) is 2.63. The van der Waals surface area contributed by atoms with Crippen LogP contribution in [0.15, 0.2) is 30.3 Å². The number of anilines is 1. The molecule has 0 spiro atoms. The fraction of sp³-hybridized carbons (Fsp3) is 0.348. The number of ether oxygens (including phenoxy) is 5. The van der Waals surface area contributed by atoms with E-state index in [2.05, 4.69) is 5.32 Å². The van der Waals surface area contributed by atoms with Crippen LogP contribution in [0.1, 0.15) is 41.5 Å². The van der Waals surface area contributed by atoms with Crippen LogP contribution in [0.3, 0.4) is 0 Å². The minimum atomic E-state index is -0.710. The van der Waals surface area contributed by atoms with Gasteiger partial charge >= 0.3 is 5.97 Å². The minimum Gasteiger partial charge on any atom is -0.490 e. The molecule has 0 saturated carbocycles. The number of rotatable bonds is 10. The van der Waals surface area contributed by atoms with Crippen LogP contribution in [0.25, 0.3) is 0 Å². The number of carbonyl (C=O) groups is 3. The van der Waals surface area contributed by atoms with Gasteiger partial charge in [0.1, 0.15) is 5.75 Å². The Morgan fingerprint density at radius 1 is 0.938 bits per heavy atom. The highest BCUT2D eigenvalue weighted by Crippen LogP contribution is 2.39. The minimum absolute atomic E-state index is 0.0759. The molecule has 1 aliphatic heterocycles. The number of Topliss-reactive ketones (excluding diaryl/α,β-unsaturated/α-hetero) is 1. The number of hydrogen-bond donors (Lipinski definition) is 1. The molecule has 0 atom stereocenters. The van der Waals surface area contributed by atoms with E-state index in [1.54, 1.807) is 12.1 Å². The van der Waals surface area contributed by atoms with Crippen LogP contribution < -0.4 is 24.3 Å². The molecule has 0 bridgehead atoms. The van der Waals surface area contributed by atoms with E-state index < -0.39 is 18.4 Å². The van der Waals surface area contributed by atoms with Gasteiger partial charge in [0.15, 0.2) is 30.5 Å². The summed E-state index contributed by atoms with van der Waals surface area (Å²) in [6.45, 7) is 6.02. The summed E-state index contributed by atoms with van der Waals surface area (Å²) in [6, 6.07) is 7.60. The number of esters is 1. The Kier molecular flexibility index (Phi) is 7.54. The first-order chi connectivity index (χ1) is 15.5. The monoisotopic (exact) mass is 443 g/mol. The Bertz CT molecular complexity index is 990. The molecule has 0 aromatic heterocycles. The van der Waals surface area contributed by atoms with Gasteiger partial charge in [-0.25, -0.2) is 4.79 Å². The van der Waals surface area contributed by atoms with Gasteiger partial charge in [0, 0.05) is 5.56 Å². The number of benzene rings is 2. The molecule has 170 valence electrons. The number of nitrogens with one attached hydrogen (secondary N) is 1. The molecule has 0 radical (unpaired) electrons. The molecule has 2 aromatic rings. The average Bonchev–Trinajstić information content (AvgIpc) is 2.78. The van der Waals surface area contributed by atoms with Crippen molar-refractivity contribution in [1.82, 2.24) is 0 Å². The summed E-state index contributed by atoms with van der Waals surface area (Å²) in [5.41, 5.74) is 0.839.